The van der Waals surface area contributed by atoms with Gasteiger partial charge in [-0.05, 0) is 42.7 Å². The molecule has 1 aromatic heterocycles. The van der Waals surface area contributed by atoms with E-state index in [-0.39, 0.29) is 18.2 Å². The third-order valence-corrected chi connectivity index (χ3v) is 5.07. The van der Waals surface area contributed by atoms with E-state index in [1.54, 1.807) is 25.3 Å². The van der Waals surface area contributed by atoms with E-state index >= 15 is 0 Å². The van der Waals surface area contributed by atoms with Crippen molar-refractivity contribution in [1.29, 1.82) is 0 Å². The summed E-state index contributed by atoms with van der Waals surface area (Å²) in [5, 5.41) is 0. The quantitative estimate of drug-likeness (QED) is 0.775. The van der Waals surface area contributed by atoms with Crippen LogP contribution in [0.15, 0.2) is 24.3 Å². The van der Waals surface area contributed by atoms with Gasteiger partial charge in [-0.1, -0.05) is 13.0 Å². The molecule has 0 unspecified atom stereocenters. The Balaban J connectivity index is 1.93. The third kappa shape index (κ3) is 4.73. The third-order valence-electron chi connectivity index (χ3n) is 3.69. The minimum absolute atomic E-state index is 0.115. The van der Waals surface area contributed by atoms with E-state index in [4.69, 9.17) is 9.47 Å². The first-order valence-corrected chi connectivity index (χ1v) is 8.69. The lowest BCUT2D eigenvalue weighted by Gasteiger charge is -2.10. The standard InChI is InChI=1S/C18H22N2O4S/c1-5-15-11(2)8-16(25-15)18(22)20-19-17(21)10-12-6-7-13(23-3)14(9-12)24-4/h6-9H,5,10H2,1-4H3,(H,19,21)(H,20,22). The van der Waals surface area contributed by atoms with Gasteiger partial charge in [-0.25, -0.2) is 0 Å². The summed E-state index contributed by atoms with van der Waals surface area (Å²) in [6, 6.07) is 7.08. The van der Waals surface area contributed by atoms with Gasteiger partial charge in [0.1, 0.15) is 0 Å². The average molecular weight is 362 g/mol. The van der Waals surface area contributed by atoms with E-state index in [1.165, 1.54) is 23.3 Å². The number of rotatable bonds is 6. The lowest BCUT2D eigenvalue weighted by molar-refractivity contribution is -0.121. The van der Waals surface area contributed by atoms with Crippen LogP contribution in [-0.4, -0.2) is 26.0 Å². The van der Waals surface area contributed by atoms with Crippen LogP contribution < -0.4 is 20.3 Å². The molecular formula is C18H22N2O4S. The second-order valence-corrected chi connectivity index (χ2v) is 6.58. The molecule has 0 saturated carbocycles. The molecule has 0 saturated heterocycles. The Hall–Kier alpha value is -2.54. The highest BCUT2D eigenvalue weighted by molar-refractivity contribution is 7.14. The van der Waals surface area contributed by atoms with Crippen molar-refractivity contribution in [3.05, 3.63) is 45.1 Å². The predicted molar refractivity (Wildman–Crippen MR) is 97.3 cm³/mol. The molecule has 1 heterocycles. The summed E-state index contributed by atoms with van der Waals surface area (Å²) in [6.45, 7) is 4.02. The molecule has 2 rings (SSSR count). The van der Waals surface area contributed by atoms with E-state index in [0.29, 0.717) is 16.4 Å². The number of nitrogens with one attached hydrogen (secondary N) is 2. The molecule has 0 fully saturated rings. The van der Waals surface area contributed by atoms with Gasteiger partial charge in [0.05, 0.1) is 25.5 Å². The Morgan fingerprint density at radius 1 is 1.08 bits per heavy atom. The van der Waals surface area contributed by atoms with Crippen LogP contribution in [0.3, 0.4) is 0 Å². The number of thiophene rings is 1. The predicted octanol–water partition coefficient (Wildman–Crippen LogP) is 2.64. The number of amides is 2. The van der Waals surface area contributed by atoms with E-state index in [2.05, 4.69) is 10.9 Å². The molecule has 0 bridgehead atoms. The van der Waals surface area contributed by atoms with Crippen LogP contribution in [0.25, 0.3) is 0 Å². The summed E-state index contributed by atoms with van der Waals surface area (Å²) in [7, 11) is 3.09. The topological polar surface area (TPSA) is 76.7 Å². The van der Waals surface area contributed by atoms with Gasteiger partial charge >= 0.3 is 0 Å². The highest BCUT2D eigenvalue weighted by Gasteiger charge is 2.13. The molecule has 0 spiro atoms. The number of aryl methyl sites for hydroxylation is 2. The summed E-state index contributed by atoms with van der Waals surface area (Å²) in [4.78, 5) is 25.9. The van der Waals surface area contributed by atoms with E-state index in [1.807, 2.05) is 19.9 Å². The number of carbonyl (C=O) groups is 2. The minimum atomic E-state index is -0.315. The molecule has 0 aliphatic rings. The first-order chi connectivity index (χ1) is 12.0. The molecule has 0 aliphatic carbocycles. The van der Waals surface area contributed by atoms with E-state index < -0.39 is 0 Å². The molecule has 134 valence electrons. The zero-order valence-electron chi connectivity index (χ0n) is 14.8. The van der Waals surface area contributed by atoms with Crippen LogP contribution in [0.1, 0.15) is 32.6 Å². The molecule has 1 aromatic carbocycles. The molecule has 25 heavy (non-hydrogen) atoms. The zero-order chi connectivity index (χ0) is 18.4. The Bertz CT molecular complexity index is 770. The maximum absolute atomic E-state index is 12.1. The van der Waals surface area contributed by atoms with Crippen LogP contribution in [-0.2, 0) is 17.6 Å². The smallest absolute Gasteiger partial charge is 0.279 e. The van der Waals surface area contributed by atoms with Crippen LogP contribution in [0.5, 0.6) is 11.5 Å². The Kier molecular flexibility index (Phi) is 6.41. The van der Waals surface area contributed by atoms with Crippen molar-refractivity contribution in [2.45, 2.75) is 26.7 Å². The molecule has 0 aliphatic heterocycles. The molecule has 0 atom stereocenters. The van der Waals surface area contributed by atoms with Crippen molar-refractivity contribution in [3.8, 4) is 11.5 Å². The second-order valence-electron chi connectivity index (χ2n) is 5.44. The average Bonchev–Trinajstić information content (AvgIpc) is 3.00. The van der Waals surface area contributed by atoms with Gasteiger partial charge in [0.2, 0.25) is 5.91 Å². The number of methoxy groups -OCH3 is 2. The molecular weight excluding hydrogens is 340 g/mol. The molecule has 6 nitrogen and oxygen atoms in total. The molecule has 2 N–H and O–H groups in total. The zero-order valence-corrected chi connectivity index (χ0v) is 15.6. The summed E-state index contributed by atoms with van der Waals surface area (Å²) >= 11 is 1.44. The van der Waals surface area contributed by atoms with Gasteiger partial charge in [0.15, 0.2) is 11.5 Å². The Morgan fingerprint density at radius 2 is 1.80 bits per heavy atom. The maximum Gasteiger partial charge on any atom is 0.279 e. The summed E-state index contributed by atoms with van der Waals surface area (Å²) in [5.41, 5.74) is 6.74. The number of benzene rings is 1. The normalized spacial score (nSPS) is 10.2. The molecule has 0 radical (unpaired) electrons. The summed E-state index contributed by atoms with van der Waals surface area (Å²) in [5.74, 6) is 0.524. The summed E-state index contributed by atoms with van der Waals surface area (Å²) < 4.78 is 10.4. The van der Waals surface area contributed by atoms with Crippen molar-refractivity contribution in [2.75, 3.05) is 14.2 Å². The second kappa shape index (κ2) is 8.53. The van der Waals surface area contributed by atoms with Gasteiger partial charge in [-0.15, -0.1) is 11.3 Å². The van der Waals surface area contributed by atoms with Gasteiger partial charge in [-0.3, -0.25) is 20.4 Å². The van der Waals surface area contributed by atoms with E-state index in [9.17, 15) is 9.59 Å². The number of hydrogen-bond acceptors (Lipinski definition) is 5. The van der Waals surface area contributed by atoms with Gasteiger partial charge in [0, 0.05) is 4.88 Å². The number of hydrazine groups is 1. The maximum atomic E-state index is 12.1. The monoisotopic (exact) mass is 362 g/mol. The molecule has 2 aromatic rings. The number of hydrogen-bond donors (Lipinski definition) is 2. The number of carbonyl (C=O) groups excluding carboxylic acids is 2. The van der Waals surface area contributed by atoms with Gasteiger partial charge in [0.25, 0.3) is 5.91 Å². The molecule has 2 amide bonds. The lowest BCUT2D eigenvalue weighted by Crippen LogP contribution is -2.42. The first-order valence-electron chi connectivity index (χ1n) is 7.87. The fourth-order valence-corrected chi connectivity index (χ4v) is 3.40. The lowest BCUT2D eigenvalue weighted by atomic mass is 10.1. The van der Waals surface area contributed by atoms with Crippen LogP contribution in [0.2, 0.25) is 0 Å². The fraction of sp³-hybridized carbons (Fsp3) is 0.333. The SMILES string of the molecule is CCc1sc(C(=O)NNC(=O)Cc2ccc(OC)c(OC)c2)cc1C. The number of ether oxygens (including phenoxy) is 2. The van der Waals surface area contributed by atoms with Crippen molar-refractivity contribution in [2.24, 2.45) is 0 Å². The Morgan fingerprint density at radius 3 is 2.40 bits per heavy atom. The highest BCUT2D eigenvalue weighted by Crippen LogP contribution is 2.27. The van der Waals surface area contributed by atoms with Crippen LogP contribution in [0, 0.1) is 6.92 Å². The Labute approximate surface area is 151 Å². The van der Waals surface area contributed by atoms with Gasteiger partial charge < -0.3 is 9.47 Å². The van der Waals surface area contributed by atoms with E-state index in [0.717, 1.165) is 17.5 Å². The van der Waals surface area contributed by atoms with Crippen LogP contribution >= 0.6 is 11.3 Å². The first kappa shape index (κ1) is 18.8. The van der Waals surface area contributed by atoms with Crippen molar-refractivity contribution in [3.63, 3.8) is 0 Å². The fourth-order valence-electron chi connectivity index (χ4n) is 2.39. The summed E-state index contributed by atoms with van der Waals surface area (Å²) in [6.07, 6.45) is 1.000. The largest absolute Gasteiger partial charge is 0.493 e. The van der Waals surface area contributed by atoms with Crippen molar-refractivity contribution in [1.82, 2.24) is 10.9 Å². The van der Waals surface area contributed by atoms with Crippen molar-refractivity contribution < 1.29 is 19.1 Å². The molecule has 7 heteroatoms. The van der Waals surface area contributed by atoms with Crippen LogP contribution in [0.4, 0.5) is 0 Å². The highest BCUT2D eigenvalue weighted by atomic mass is 32.1. The van der Waals surface area contributed by atoms with Crippen molar-refractivity contribution >= 4 is 23.2 Å². The van der Waals surface area contributed by atoms with Gasteiger partial charge in [-0.2, -0.15) is 0 Å². The minimum Gasteiger partial charge on any atom is -0.493 e.